The van der Waals surface area contributed by atoms with Gasteiger partial charge in [0.05, 0.1) is 10.6 Å². The van der Waals surface area contributed by atoms with E-state index in [0.717, 1.165) is 21.5 Å². The highest BCUT2D eigenvalue weighted by Crippen LogP contribution is 2.30. The molecule has 0 aliphatic rings. The average Bonchev–Trinajstić information content (AvgIpc) is 3.25. The van der Waals surface area contributed by atoms with E-state index in [1.165, 1.54) is 16.2 Å². The minimum Gasteiger partial charge on any atom is -0.351 e. The third-order valence-electron chi connectivity index (χ3n) is 3.49. The number of nitrogens with one attached hydrogen (secondary N) is 2. The fraction of sp³-hybridized carbons (Fsp3) is 0.0588. The van der Waals surface area contributed by atoms with Crippen molar-refractivity contribution in [3.63, 3.8) is 0 Å². The Hall–Kier alpha value is -2.44. The molecule has 114 valence electrons. The molecule has 0 saturated heterocycles. The van der Waals surface area contributed by atoms with E-state index in [4.69, 9.17) is 0 Å². The van der Waals surface area contributed by atoms with Gasteiger partial charge in [0.2, 0.25) is 0 Å². The summed E-state index contributed by atoms with van der Waals surface area (Å²) in [6.45, 7) is 2.07. The number of H-pyrrole nitrogens is 1. The number of anilines is 1. The summed E-state index contributed by atoms with van der Waals surface area (Å²) < 4.78 is 0. The lowest BCUT2D eigenvalue weighted by Gasteiger charge is -1.98. The summed E-state index contributed by atoms with van der Waals surface area (Å²) in [5, 5.41) is 6.45. The zero-order valence-electron chi connectivity index (χ0n) is 12.3. The van der Waals surface area contributed by atoms with E-state index in [1.54, 1.807) is 11.3 Å². The summed E-state index contributed by atoms with van der Waals surface area (Å²) in [5.74, 6) is -0.176. The Morgan fingerprint density at radius 3 is 2.87 bits per heavy atom. The smallest absolute Gasteiger partial charge is 0.273 e. The molecule has 4 rings (SSSR count). The van der Waals surface area contributed by atoms with Crippen LogP contribution < -0.4 is 5.32 Å². The molecule has 23 heavy (non-hydrogen) atoms. The highest BCUT2D eigenvalue weighted by molar-refractivity contribution is 7.17. The highest BCUT2D eigenvalue weighted by atomic mass is 32.1. The molecule has 2 N–H and O–H groups in total. The first-order valence-electron chi connectivity index (χ1n) is 7.10. The van der Waals surface area contributed by atoms with Gasteiger partial charge in [0.15, 0.2) is 5.13 Å². The van der Waals surface area contributed by atoms with Crippen molar-refractivity contribution in [1.82, 2.24) is 9.97 Å². The van der Waals surface area contributed by atoms with Crippen molar-refractivity contribution in [2.24, 2.45) is 0 Å². The summed E-state index contributed by atoms with van der Waals surface area (Å²) in [6, 6.07) is 13.8. The van der Waals surface area contributed by atoms with Crippen LogP contribution in [0.5, 0.6) is 0 Å². The van der Waals surface area contributed by atoms with Gasteiger partial charge >= 0.3 is 0 Å². The maximum atomic E-state index is 12.4. The molecule has 0 fully saturated rings. The minimum atomic E-state index is -0.176. The largest absolute Gasteiger partial charge is 0.351 e. The highest BCUT2D eigenvalue weighted by Gasteiger charge is 2.13. The number of hydrogen-bond acceptors (Lipinski definition) is 4. The van der Waals surface area contributed by atoms with Crippen molar-refractivity contribution in [2.75, 3.05) is 5.32 Å². The maximum Gasteiger partial charge on any atom is 0.273 e. The number of rotatable bonds is 3. The molecule has 3 heterocycles. The van der Waals surface area contributed by atoms with Gasteiger partial charge in [0.1, 0.15) is 5.69 Å². The van der Waals surface area contributed by atoms with E-state index >= 15 is 0 Å². The molecule has 4 aromatic rings. The molecular weight excluding hydrogens is 326 g/mol. The molecule has 0 spiro atoms. The summed E-state index contributed by atoms with van der Waals surface area (Å²) in [6.07, 6.45) is 0. The summed E-state index contributed by atoms with van der Waals surface area (Å²) in [5.41, 5.74) is 2.39. The first-order valence-corrected chi connectivity index (χ1v) is 8.80. The summed E-state index contributed by atoms with van der Waals surface area (Å²) >= 11 is 3.13. The van der Waals surface area contributed by atoms with Crippen LogP contribution in [0.15, 0.2) is 47.8 Å². The van der Waals surface area contributed by atoms with Crippen molar-refractivity contribution in [2.45, 2.75) is 6.92 Å². The number of aromatic amines is 1. The number of nitrogens with zero attached hydrogens (tertiary/aromatic N) is 1. The van der Waals surface area contributed by atoms with Crippen LogP contribution in [0.25, 0.3) is 21.5 Å². The van der Waals surface area contributed by atoms with Gasteiger partial charge in [-0.15, -0.1) is 22.7 Å². The van der Waals surface area contributed by atoms with Gasteiger partial charge in [0.25, 0.3) is 5.91 Å². The molecule has 1 amide bonds. The Bertz CT molecular complexity index is 963. The minimum absolute atomic E-state index is 0.176. The standard InChI is InChI=1S/C17H13N3OS2/c1-10-6-7-15(23-10)14-9-22-17(19-14)20-16(21)13-8-11-4-2-3-5-12(11)18-13/h2-9,18H,1H3,(H,19,20,21). The van der Waals surface area contributed by atoms with Crippen LogP contribution in [-0.2, 0) is 0 Å². The molecule has 0 atom stereocenters. The summed E-state index contributed by atoms with van der Waals surface area (Å²) in [7, 11) is 0. The zero-order valence-corrected chi connectivity index (χ0v) is 13.9. The van der Waals surface area contributed by atoms with Gasteiger partial charge in [-0.05, 0) is 31.2 Å². The van der Waals surface area contributed by atoms with Crippen molar-refractivity contribution in [3.8, 4) is 10.6 Å². The lowest BCUT2D eigenvalue weighted by molar-refractivity contribution is 0.102. The molecule has 0 radical (unpaired) electrons. The number of carbonyl (C=O) groups excluding carboxylic acids is 1. The number of thiophene rings is 1. The fourth-order valence-corrected chi connectivity index (χ4v) is 3.99. The van der Waals surface area contributed by atoms with Crippen LogP contribution in [0, 0.1) is 6.92 Å². The predicted octanol–water partition coefficient (Wildman–Crippen LogP) is 4.91. The Labute approximate surface area is 140 Å². The zero-order chi connectivity index (χ0) is 15.8. The van der Waals surface area contributed by atoms with Crippen LogP contribution >= 0.6 is 22.7 Å². The first kappa shape index (κ1) is 14.2. The van der Waals surface area contributed by atoms with Gasteiger partial charge < -0.3 is 4.98 Å². The van der Waals surface area contributed by atoms with E-state index in [0.29, 0.717) is 10.8 Å². The number of fused-ring (bicyclic) bond motifs is 1. The van der Waals surface area contributed by atoms with Gasteiger partial charge in [-0.1, -0.05) is 18.2 Å². The number of hydrogen-bond donors (Lipinski definition) is 2. The van der Waals surface area contributed by atoms with E-state index in [9.17, 15) is 4.79 Å². The molecule has 0 bridgehead atoms. The van der Waals surface area contributed by atoms with E-state index in [1.807, 2.05) is 35.7 Å². The van der Waals surface area contributed by atoms with Crippen LogP contribution in [0.3, 0.4) is 0 Å². The molecule has 0 saturated carbocycles. The Morgan fingerprint density at radius 2 is 2.09 bits per heavy atom. The number of thiazole rings is 1. The Kier molecular flexibility index (Phi) is 3.48. The second kappa shape index (κ2) is 5.64. The van der Waals surface area contributed by atoms with E-state index in [-0.39, 0.29) is 5.91 Å². The number of carbonyl (C=O) groups is 1. The molecule has 0 unspecified atom stereocenters. The monoisotopic (exact) mass is 339 g/mol. The molecule has 6 heteroatoms. The quantitative estimate of drug-likeness (QED) is 0.557. The topological polar surface area (TPSA) is 57.8 Å². The second-order valence-corrected chi connectivity index (χ2v) is 7.32. The third-order valence-corrected chi connectivity index (χ3v) is 5.27. The molecule has 4 nitrogen and oxygen atoms in total. The van der Waals surface area contributed by atoms with Crippen molar-refractivity contribution >= 4 is 44.6 Å². The van der Waals surface area contributed by atoms with E-state index < -0.39 is 0 Å². The number of para-hydroxylation sites is 1. The maximum absolute atomic E-state index is 12.4. The number of amides is 1. The second-order valence-electron chi connectivity index (χ2n) is 5.17. The van der Waals surface area contributed by atoms with E-state index in [2.05, 4.69) is 34.3 Å². The Balaban J connectivity index is 1.55. The first-order chi connectivity index (χ1) is 11.2. The molecule has 1 aromatic carbocycles. The van der Waals surface area contributed by atoms with Crippen molar-refractivity contribution in [3.05, 3.63) is 58.4 Å². The SMILES string of the molecule is Cc1ccc(-c2csc(NC(=O)c3cc4ccccc4[nH]3)n2)s1. The lowest BCUT2D eigenvalue weighted by Crippen LogP contribution is -2.11. The Morgan fingerprint density at radius 1 is 1.22 bits per heavy atom. The molecule has 0 aliphatic heterocycles. The number of benzene rings is 1. The normalized spacial score (nSPS) is 11.0. The fourth-order valence-electron chi connectivity index (χ4n) is 2.38. The lowest BCUT2D eigenvalue weighted by atomic mass is 10.2. The third kappa shape index (κ3) is 2.78. The number of aromatic nitrogens is 2. The van der Waals surface area contributed by atoms with Gasteiger partial charge in [-0.3, -0.25) is 10.1 Å². The van der Waals surface area contributed by atoms with Crippen LogP contribution in [0.2, 0.25) is 0 Å². The van der Waals surface area contributed by atoms with Gasteiger partial charge in [0, 0.05) is 21.2 Å². The average molecular weight is 339 g/mol. The van der Waals surface area contributed by atoms with Crippen molar-refractivity contribution < 1.29 is 4.79 Å². The number of aryl methyl sites for hydroxylation is 1. The van der Waals surface area contributed by atoms with Gasteiger partial charge in [-0.25, -0.2) is 4.98 Å². The van der Waals surface area contributed by atoms with Gasteiger partial charge in [-0.2, -0.15) is 0 Å². The van der Waals surface area contributed by atoms with Crippen LogP contribution in [0.1, 0.15) is 15.4 Å². The molecule has 3 aromatic heterocycles. The van der Waals surface area contributed by atoms with Crippen molar-refractivity contribution in [1.29, 1.82) is 0 Å². The molecule has 0 aliphatic carbocycles. The summed E-state index contributed by atoms with van der Waals surface area (Å²) in [4.78, 5) is 22.3. The molecular formula is C17H13N3OS2. The predicted molar refractivity (Wildman–Crippen MR) is 96.4 cm³/mol. The van der Waals surface area contributed by atoms with Crippen LogP contribution in [-0.4, -0.2) is 15.9 Å². The van der Waals surface area contributed by atoms with Crippen LogP contribution in [0.4, 0.5) is 5.13 Å².